The molecule has 0 aromatic heterocycles. The first-order chi connectivity index (χ1) is 8.59. The Balaban J connectivity index is 1.99. The number of hydrogen-bond acceptors (Lipinski definition) is 3. The average Bonchev–Trinajstić information content (AvgIpc) is 2.84. The van der Waals surface area contributed by atoms with Crippen LogP contribution >= 0.6 is 0 Å². The van der Waals surface area contributed by atoms with Crippen molar-refractivity contribution in [2.24, 2.45) is 5.41 Å². The molecule has 0 aliphatic carbocycles. The van der Waals surface area contributed by atoms with Crippen molar-refractivity contribution in [1.82, 2.24) is 15.1 Å². The predicted octanol–water partition coefficient (Wildman–Crippen LogP) is 0.198. The number of carboxylic acids is 1. The van der Waals surface area contributed by atoms with Gasteiger partial charge < -0.3 is 20.2 Å². The van der Waals surface area contributed by atoms with Gasteiger partial charge in [0.25, 0.3) is 0 Å². The minimum absolute atomic E-state index is 0.00641. The average molecular weight is 255 g/mol. The van der Waals surface area contributed by atoms with E-state index in [9.17, 15) is 14.7 Å². The zero-order chi connectivity index (χ0) is 13.2. The number of hydrogen-bond donors (Lipinski definition) is 2. The summed E-state index contributed by atoms with van der Waals surface area (Å²) in [6.07, 6.45) is 1.14. The minimum atomic E-state index is -0.777. The summed E-state index contributed by atoms with van der Waals surface area (Å²) in [4.78, 5) is 27.1. The number of rotatable bonds is 2. The SMILES string of the molecule is CCC1(C(=O)O)CCN(C(=O)N2CCNCC2)C1. The third kappa shape index (κ3) is 2.29. The van der Waals surface area contributed by atoms with Gasteiger partial charge >= 0.3 is 12.0 Å². The molecule has 0 saturated carbocycles. The molecule has 0 aromatic rings. The number of aliphatic carboxylic acids is 1. The molecule has 2 amide bonds. The van der Waals surface area contributed by atoms with Gasteiger partial charge in [-0.1, -0.05) is 6.92 Å². The molecular formula is C12H21N3O3. The first-order valence-corrected chi connectivity index (χ1v) is 6.57. The fourth-order valence-electron chi connectivity index (χ4n) is 2.71. The van der Waals surface area contributed by atoms with Gasteiger partial charge in [-0.3, -0.25) is 4.79 Å². The maximum absolute atomic E-state index is 12.3. The van der Waals surface area contributed by atoms with Crippen molar-refractivity contribution >= 4 is 12.0 Å². The Morgan fingerprint density at radius 3 is 2.39 bits per heavy atom. The first-order valence-electron chi connectivity index (χ1n) is 6.57. The predicted molar refractivity (Wildman–Crippen MR) is 66.4 cm³/mol. The third-order valence-electron chi connectivity index (χ3n) is 4.14. The number of carbonyl (C=O) groups is 2. The summed E-state index contributed by atoms with van der Waals surface area (Å²) in [6, 6.07) is -0.00641. The zero-order valence-electron chi connectivity index (χ0n) is 10.8. The van der Waals surface area contributed by atoms with Gasteiger partial charge in [0.05, 0.1) is 5.41 Å². The van der Waals surface area contributed by atoms with Crippen molar-refractivity contribution in [3.05, 3.63) is 0 Å². The van der Waals surface area contributed by atoms with Crippen molar-refractivity contribution < 1.29 is 14.7 Å². The highest BCUT2D eigenvalue weighted by Gasteiger charge is 2.45. The maximum atomic E-state index is 12.3. The van der Waals surface area contributed by atoms with Crippen LogP contribution in [0.3, 0.4) is 0 Å². The number of urea groups is 1. The van der Waals surface area contributed by atoms with Crippen LogP contribution in [-0.4, -0.2) is 66.2 Å². The first kappa shape index (κ1) is 13.1. The lowest BCUT2D eigenvalue weighted by Crippen LogP contribution is -2.51. The Hall–Kier alpha value is -1.30. The van der Waals surface area contributed by atoms with E-state index in [1.54, 1.807) is 4.90 Å². The van der Waals surface area contributed by atoms with Crippen molar-refractivity contribution in [2.45, 2.75) is 19.8 Å². The normalized spacial score (nSPS) is 28.5. The van der Waals surface area contributed by atoms with E-state index in [4.69, 9.17) is 0 Å². The molecule has 6 nitrogen and oxygen atoms in total. The highest BCUT2D eigenvalue weighted by Crippen LogP contribution is 2.34. The van der Waals surface area contributed by atoms with Gasteiger partial charge in [-0.05, 0) is 12.8 Å². The van der Waals surface area contributed by atoms with Gasteiger partial charge in [-0.2, -0.15) is 0 Å². The van der Waals surface area contributed by atoms with Crippen LogP contribution in [-0.2, 0) is 4.79 Å². The van der Waals surface area contributed by atoms with E-state index in [1.165, 1.54) is 0 Å². The molecule has 102 valence electrons. The largest absolute Gasteiger partial charge is 0.481 e. The fourth-order valence-corrected chi connectivity index (χ4v) is 2.71. The summed E-state index contributed by atoms with van der Waals surface area (Å²) in [5, 5.41) is 12.5. The number of nitrogens with zero attached hydrogens (tertiary/aromatic N) is 2. The van der Waals surface area contributed by atoms with Gasteiger partial charge in [0.2, 0.25) is 0 Å². The lowest BCUT2D eigenvalue weighted by molar-refractivity contribution is -0.148. The van der Waals surface area contributed by atoms with Gasteiger partial charge in [0.1, 0.15) is 0 Å². The van der Waals surface area contributed by atoms with Gasteiger partial charge in [0, 0.05) is 39.3 Å². The Bertz CT molecular complexity index is 341. The van der Waals surface area contributed by atoms with E-state index in [0.29, 0.717) is 39.0 Å². The van der Waals surface area contributed by atoms with Gasteiger partial charge in [-0.15, -0.1) is 0 Å². The van der Waals surface area contributed by atoms with E-state index in [1.807, 2.05) is 11.8 Å². The number of likely N-dealkylation sites (tertiary alicyclic amines) is 1. The van der Waals surface area contributed by atoms with E-state index in [0.717, 1.165) is 13.1 Å². The van der Waals surface area contributed by atoms with Crippen molar-refractivity contribution in [3.8, 4) is 0 Å². The van der Waals surface area contributed by atoms with E-state index >= 15 is 0 Å². The number of nitrogens with one attached hydrogen (secondary N) is 1. The number of carbonyl (C=O) groups excluding carboxylic acids is 1. The maximum Gasteiger partial charge on any atom is 0.320 e. The molecule has 1 unspecified atom stereocenters. The number of piperazine rings is 1. The topological polar surface area (TPSA) is 72.9 Å². The van der Waals surface area contributed by atoms with Crippen LogP contribution in [0.15, 0.2) is 0 Å². The second-order valence-electron chi connectivity index (χ2n) is 5.13. The van der Waals surface area contributed by atoms with Crippen LogP contribution in [0.1, 0.15) is 19.8 Å². The summed E-state index contributed by atoms with van der Waals surface area (Å²) in [7, 11) is 0. The van der Waals surface area contributed by atoms with Gasteiger partial charge in [-0.25, -0.2) is 4.79 Å². The molecule has 18 heavy (non-hydrogen) atoms. The van der Waals surface area contributed by atoms with Crippen LogP contribution in [0.2, 0.25) is 0 Å². The lowest BCUT2D eigenvalue weighted by atomic mass is 9.84. The number of amides is 2. The van der Waals surface area contributed by atoms with Crippen LogP contribution in [0.25, 0.3) is 0 Å². The molecule has 2 fully saturated rings. The highest BCUT2D eigenvalue weighted by atomic mass is 16.4. The monoisotopic (exact) mass is 255 g/mol. The van der Waals surface area contributed by atoms with Crippen LogP contribution in [0.4, 0.5) is 4.79 Å². The molecular weight excluding hydrogens is 234 g/mol. The molecule has 2 heterocycles. The summed E-state index contributed by atoms with van der Waals surface area (Å²) >= 11 is 0. The summed E-state index contributed by atoms with van der Waals surface area (Å²) in [5.41, 5.74) is -0.732. The Morgan fingerprint density at radius 1 is 1.22 bits per heavy atom. The summed E-state index contributed by atoms with van der Waals surface area (Å²) in [5.74, 6) is -0.777. The molecule has 1 atom stereocenters. The van der Waals surface area contributed by atoms with Crippen molar-refractivity contribution in [2.75, 3.05) is 39.3 Å². The Labute approximate surface area is 107 Å². The molecule has 2 aliphatic rings. The van der Waals surface area contributed by atoms with Crippen LogP contribution < -0.4 is 5.32 Å². The minimum Gasteiger partial charge on any atom is -0.481 e. The van der Waals surface area contributed by atoms with Gasteiger partial charge in [0.15, 0.2) is 0 Å². The molecule has 2 N–H and O–H groups in total. The highest BCUT2D eigenvalue weighted by molar-refractivity contribution is 5.79. The zero-order valence-corrected chi connectivity index (χ0v) is 10.8. The molecule has 2 rings (SSSR count). The molecule has 0 radical (unpaired) electrons. The van der Waals surface area contributed by atoms with Crippen LogP contribution in [0, 0.1) is 5.41 Å². The Morgan fingerprint density at radius 2 is 1.89 bits per heavy atom. The van der Waals surface area contributed by atoms with E-state index < -0.39 is 11.4 Å². The standard InChI is InChI=1S/C12H21N3O3/c1-2-12(10(16)17)3-6-15(9-12)11(18)14-7-4-13-5-8-14/h13H,2-9H2,1H3,(H,16,17). The fraction of sp³-hybridized carbons (Fsp3) is 0.833. The summed E-state index contributed by atoms with van der Waals surface area (Å²) < 4.78 is 0. The van der Waals surface area contributed by atoms with Crippen LogP contribution in [0.5, 0.6) is 0 Å². The molecule has 0 aromatic carbocycles. The Kier molecular flexibility index (Phi) is 3.75. The molecule has 6 heteroatoms. The second-order valence-corrected chi connectivity index (χ2v) is 5.13. The molecule has 0 spiro atoms. The molecule has 2 aliphatic heterocycles. The lowest BCUT2D eigenvalue weighted by Gasteiger charge is -2.32. The quantitative estimate of drug-likeness (QED) is 0.739. The smallest absolute Gasteiger partial charge is 0.320 e. The molecule has 2 saturated heterocycles. The number of carboxylic acid groups (broad SMARTS) is 1. The summed E-state index contributed by atoms with van der Waals surface area (Å²) in [6.45, 7) is 5.84. The van der Waals surface area contributed by atoms with E-state index in [-0.39, 0.29) is 6.03 Å². The second kappa shape index (κ2) is 5.14. The molecule has 0 bridgehead atoms. The third-order valence-corrected chi connectivity index (χ3v) is 4.14. The van der Waals surface area contributed by atoms with Crippen molar-refractivity contribution in [3.63, 3.8) is 0 Å². The van der Waals surface area contributed by atoms with E-state index in [2.05, 4.69) is 5.32 Å². The van der Waals surface area contributed by atoms with Crippen molar-refractivity contribution in [1.29, 1.82) is 0 Å².